The summed E-state index contributed by atoms with van der Waals surface area (Å²) in [5, 5.41) is 0. The number of alkyl halides is 1. The van der Waals surface area contributed by atoms with Crippen molar-refractivity contribution in [3.63, 3.8) is 0 Å². The van der Waals surface area contributed by atoms with Gasteiger partial charge in [0, 0.05) is 0 Å². The summed E-state index contributed by atoms with van der Waals surface area (Å²) in [6, 6.07) is 5.78. The Balaban J connectivity index is 0.000000604. The van der Waals surface area contributed by atoms with E-state index in [0.717, 1.165) is 18.0 Å². The Labute approximate surface area is 185 Å². The van der Waals surface area contributed by atoms with E-state index in [4.69, 9.17) is 11.6 Å². The predicted octanol–water partition coefficient (Wildman–Crippen LogP) is 6.12. The van der Waals surface area contributed by atoms with Crippen LogP contribution < -0.4 is 0 Å². The van der Waals surface area contributed by atoms with Crippen molar-refractivity contribution in [3.8, 4) is 0 Å². The maximum absolute atomic E-state index is 10.4. The van der Waals surface area contributed by atoms with Crippen LogP contribution in [0.5, 0.6) is 0 Å². The lowest BCUT2D eigenvalue weighted by Gasteiger charge is -2.34. The minimum Gasteiger partial charge on any atom is -0.744 e. The van der Waals surface area contributed by atoms with E-state index in [1.54, 1.807) is 12.1 Å². The first kappa shape index (κ1) is 28.4. The third-order valence-electron chi connectivity index (χ3n) is 5.29. The topological polar surface area (TPSA) is 57.2 Å². The molecule has 0 saturated carbocycles. The van der Waals surface area contributed by atoms with Crippen molar-refractivity contribution >= 4 is 21.7 Å². The van der Waals surface area contributed by atoms with Gasteiger partial charge in [-0.05, 0) is 44.7 Å². The largest absolute Gasteiger partial charge is 0.744 e. The Morgan fingerprint density at radius 2 is 1.28 bits per heavy atom. The summed E-state index contributed by atoms with van der Waals surface area (Å²) in [5.74, 6) is 0.804. The highest BCUT2D eigenvalue weighted by atomic mass is 35.5. The first-order valence-corrected chi connectivity index (χ1v) is 13.0. The average molecular weight is 448 g/mol. The molecule has 1 unspecified atom stereocenters. The van der Waals surface area contributed by atoms with E-state index in [2.05, 4.69) is 20.9 Å². The molecule has 0 radical (unpaired) electrons. The quantitative estimate of drug-likeness (QED) is 0.149. The summed E-state index contributed by atoms with van der Waals surface area (Å²) in [4.78, 5) is -0.178. The molecule has 0 fully saturated rings. The zero-order chi connectivity index (χ0) is 22.2. The van der Waals surface area contributed by atoms with Gasteiger partial charge < -0.3 is 9.04 Å². The lowest BCUT2D eigenvalue weighted by molar-refractivity contribution is -0.907. The molecule has 0 aliphatic carbocycles. The van der Waals surface area contributed by atoms with E-state index in [1.807, 2.05) is 6.92 Å². The molecule has 0 aliphatic heterocycles. The number of aryl methyl sites for hydroxylation is 1. The molecular formula is C23H42ClNO3S. The molecule has 1 aromatic carbocycles. The van der Waals surface area contributed by atoms with E-state index in [1.165, 1.54) is 87.5 Å². The number of unbranched alkanes of at least 4 members (excludes halogenated alkanes) is 7. The van der Waals surface area contributed by atoms with Gasteiger partial charge in [0.15, 0.2) is 0 Å². The third-order valence-corrected chi connectivity index (χ3v) is 6.31. The highest BCUT2D eigenvalue weighted by Gasteiger charge is 2.19. The van der Waals surface area contributed by atoms with Crippen LogP contribution in [0, 0.1) is 6.92 Å². The van der Waals surface area contributed by atoms with Crippen molar-refractivity contribution < 1.29 is 17.5 Å². The first-order valence-electron chi connectivity index (χ1n) is 11.1. The number of benzene rings is 1. The molecule has 0 heterocycles. The van der Waals surface area contributed by atoms with Gasteiger partial charge in [0.1, 0.15) is 10.1 Å². The molecule has 0 aliphatic rings. The van der Waals surface area contributed by atoms with E-state index in [9.17, 15) is 13.0 Å². The summed E-state index contributed by atoms with van der Waals surface area (Å²) in [6.45, 7) is 10.2. The minimum atomic E-state index is -4.27. The molecule has 0 spiro atoms. The van der Waals surface area contributed by atoms with Crippen LogP contribution in [-0.4, -0.2) is 50.0 Å². The van der Waals surface area contributed by atoms with Crippen LogP contribution in [0.25, 0.3) is 0 Å². The van der Waals surface area contributed by atoms with Crippen LogP contribution in [0.1, 0.15) is 77.2 Å². The zero-order valence-electron chi connectivity index (χ0n) is 19.0. The van der Waals surface area contributed by atoms with Crippen molar-refractivity contribution in [2.45, 2.75) is 83.5 Å². The molecule has 4 nitrogen and oxygen atoms in total. The van der Waals surface area contributed by atoms with Crippen molar-refractivity contribution in [2.75, 3.05) is 32.6 Å². The second kappa shape index (κ2) is 16.1. The summed E-state index contributed by atoms with van der Waals surface area (Å²) in [7, 11) is -1.88. The summed E-state index contributed by atoms with van der Waals surface area (Å²) in [5.41, 5.74) is 0.928. The van der Waals surface area contributed by atoms with Gasteiger partial charge in [-0.15, -0.1) is 11.6 Å². The average Bonchev–Trinajstić information content (AvgIpc) is 2.65. The zero-order valence-corrected chi connectivity index (χ0v) is 20.5. The Bertz CT molecular complexity index is 620. The van der Waals surface area contributed by atoms with Gasteiger partial charge in [-0.2, -0.15) is 0 Å². The second-order valence-electron chi connectivity index (χ2n) is 8.22. The summed E-state index contributed by atoms with van der Waals surface area (Å²) >= 11 is 5.96. The van der Waals surface area contributed by atoms with Crippen LogP contribution in [0.3, 0.4) is 0 Å². The van der Waals surface area contributed by atoms with Crippen molar-refractivity contribution in [2.24, 2.45) is 0 Å². The monoisotopic (exact) mass is 447 g/mol. The molecule has 0 saturated heterocycles. The molecule has 1 rings (SSSR count). The SMILES string of the molecule is CCCCCCCC[N+](C)(CCCl)CCCCC.Cc1ccc(S(=O)(=O)[O-])cc1. The maximum Gasteiger partial charge on any atom is 0.124 e. The van der Waals surface area contributed by atoms with Gasteiger partial charge in [-0.1, -0.05) is 63.6 Å². The van der Waals surface area contributed by atoms with Crippen molar-refractivity contribution in [1.82, 2.24) is 0 Å². The van der Waals surface area contributed by atoms with Gasteiger partial charge >= 0.3 is 0 Å². The van der Waals surface area contributed by atoms with Crippen molar-refractivity contribution in [3.05, 3.63) is 29.8 Å². The molecule has 1 aromatic rings. The highest BCUT2D eigenvalue weighted by molar-refractivity contribution is 7.85. The van der Waals surface area contributed by atoms with E-state index < -0.39 is 10.1 Å². The van der Waals surface area contributed by atoms with Gasteiger partial charge in [-0.3, -0.25) is 0 Å². The Morgan fingerprint density at radius 3 is 1.76 bits per heavy atom. The molecule has 0 amide bonds. The Kier molecular flexibility index (Phi) is 15.8. The van der Waals surface area contributed by atoms with Crippen LogP contribution in [0.4, 0.5) is 0 Å². The number of quaternary nitrogens is 1. The fraction of sp³-hybridized carbons (Fsp3) is 0.739. The van der Waals surface area contributed by atoms with E-state index >= 15 is 0 Å². The highest BCUT2D eigenvalue weighted by Crippen LogP contribution is 2.12. The van der Waals surface area contributed by atoms with Crippen molar-refractivity contribution in [1.29, 1.82) is 0 Å². The summed E-state index contributed by atoms with van der Waals surface area (Å²) in [6.07, 6.45) is 12.4. The number of hydrogen-bond donors (Lipinski definition) is 0. The fourth-order valence-electron chi connectivity index (χ4n) is 3.26. The van der Waals surface area contributed by atoms with Gasteiger partial charge in [0.2, 0.25) is 0 Å². The fourth-order valence-corrected chi connectivity index (χ4v) is 4.14. The van der Waals surface area contributed by atoms with Gasteiger partial charge in [0.25, 0.3) is 0 Å². The molecule has 29 heavy (non-hydrogen) atoms. The lowest BCUT2D eigenvalue weighted by Crippen LogP contribution is -2.46. The molecule has 0 bridgehead atoms. The molecule has 170 valence electrons. The van der Waals surface area contributed by atoms with E-state index in [-0.39, 0.29) is 4.90 Å². The summed E-state index contributed by atoms with van der Waals surface area (Å²) < 4.78 is 32.4. The third kappa shape index (κ3) is 14.9. The van der Waals surface area contributed by atoms with E-state index in [0.29, 0.717) is 0 Å². The predicted molar refractivity (Wildman–Crippen MR) is 124 cm³/mol. The lowest BCUT2D eigenvalue weighted by atomic mass is 10.1. The van der Waals surface area contributed by atoms with Crippen LogP contribution in [-0.2, 0) is 10.1 Å². The van der Waals surface area contributed by atoms with Gasteiger partial charge in [0.05, 0.1) is 37.5 Å². The number of hydrogen-bond acceptors (Lipinski definition) is 3. The van der Waals surface area contributed by atoms with Gasteiger partial charge in [-0.25, -0.2) is 8.42 Å². The molecule has 6 heteroatoms. The molecular weight excluding hydrogens is 406 g/mol. The smallest absolute Gasteiger partial charge is 0.124 e. The normalized spacial score (nSPS) is 13.4. The molecule has 0 N–H and O–H groups in total. The first-order chi connectivity index (χ1) is 13.7. The van der Waals surface area contributed by atoms with Crippen LogP contribution in [0.2, 0.25) is 0 Å². The number of halogens is 1. The maximum atomic E-state index is 10.4. The Morgan fingerprint density at radius 1 is 0.828 bits per heavy atom. The second-order valence-corrected chi connectivity index (χ2v) is 9.98. The standard InChI is InChI=1S/C16H35ClN.C7H8O3S/c1-4-6-8-9-10-12-15-18(3,16-13-17)14-11-7-5-2;1-6-2-4-7(5-3-6)11(8,9)10/h4-16H2,1-3H3;2-5H,1H3,(H,8,9,10)/q+1;/p-1. The minimum absolute atomic E-state index is 0.178. The van der Waals surface area contributed by atoms with Crippen LogP contribution in [0.15, 0.2) is 29.2 Å². The number of nitrogens with zero attached hydrogens (tertiary/aromatic N) is 1. The Hall–Kier alpha value is -0.620. The molecule has 1 atom stereocenters. The molecule has 0 aromatic heterocycles. The number of rotatable bonds is 14. The van der Waals surface area contributed by atoms with Crippen LogP contribution >= 0.6 is 11.6 Å².